The first kappa shape index (κ1) is 16.0. The van der Waals surface area contributed by atoms with Gasteiger partial charge in [-0.25, -0.2) is 0 Å². The molecule has 110 valence electrons. The van der Waals surface area contributed by atoms with Gasteiger partial charge < -0.3 is 15.7 Å². The van der Waals surface area contributed by atoms with Crippen molar-refractivity contribution >= 4 is 11.9 Å². The second-order valence-electron chi connectivity index (χ2n) is 5.84. The van der Waals surface area contributed by atoms with Crippen LogP contribution in [0.1, 0.15) is 46.0 Å². The molecule has 0 bridgehead atoms. The molecule has 0 radical (unpaired) electrons. The monoisotopic (exact) mass is 270 g/mol. The highest BCUT2D eigenvalue weighted by Crippen LogP contribution is 2.15. The highest BCUT2D eigenvalue weighted by Gasteiger charge is 2.22. The quantitative estimate of drug-likeness (QED) is 0.653. The van der Waals surface area contributed by atoms with Gasteiger partial charge in [0.25, 0.3) is 0 Å². The number of piperidine rings is 1. The van der Waals surface area contributed by atoms with Crippen molar-refractivity contribution in [2.24, 2.45) is 11.8 Å². The Bertz CT molecular complexity index is 299. The van der Waals surface area contributed by atoms with Crippen LogP contribution in [0.25, 0.3) is 0 Å². The Morgan fingerprint density at radius 2 is 2.11 bits per heavy atom. The second kappa shape index (κ2) is 8.15. The molecule has 0 aromatic rings. The predicted octanol–water partition coefficient (Wildman–Crippen LogP) is 1.38. The number of hydrogen-bond acceptors (Lipinski definition) is 3. The fourth-order valence-electron chi connectivity index (χ4n) is 2.60. The average Bonchev–Trinajstić information content (AvgIpc) is 2.35. The molecule has 0 spiro atoms. The van der Waals surface area contributed by atoms with Crippen molar-refractivity contribution in [1.82, 2.24) is 10.6 Å². The Balaban J connectivity index is 2.36. The zero-order valence-electron chi connectivity index (χ0n) is 11.9. The smallest absolute Gasteiger partial charge is 0.303 e. The Hall–Kier alpha value is -1.10. The van der Waals surface area contributed by atoms with Crippen LogP contribution in [0.15, 0.2) is 0 Å². The van der Waals surface area contributed by atoms with E-state index in [4.69, 9.17) is 5.11 Å². The molecule has 0 aromatic carbocycles. The van der Waals surface area contributed by atoms with Gasteiger partial charge in [0.15, 0.2) is 0 Å². The molecular weight excluding hydrogens is 244 g/mol. The maximum absolute atomic E-state index is 12.0. The molecule has 1 aliphatic rings. The van der Waals surface area contributed by atoms with Crippen molar-refractivity contribution in [2.45, 2.75) is 52.0 Å². The fourth-order valence-corrected chi connectivity index (χ4v) is 2.60. The molecule has 1 amide bonds. The minimum Gasteiger partial charge on any atom is -0.481 e. The van der Waals surface area contributed by atoms with Crippen molar-refractivity contribution in [2.75, 3.05) is 13.1 Å². The van der Waals surface area contributed by atoms with Crippen molar-refractivity contribution < 1.29 is 14.7 Å². The Labute approximate surface area is 115 Å². The summed E-state index contributed by atoms with van der Waals surface area (Å²) in [6, 6.07) is -0.0988. The van der Waals surface area contributed by atoms with Crippen LogP contribution in [0.3, 0.4) is 0 Å². The van der Waals surface area contributed by atoms with Gasteiger partial charge in [0.1, 0.15) is 0 Å². The summed E-state index contributed by atoms with van der Waals surface area (Å²) in [4.78, 5) is 22.8. The molecule has 0 aliphatic carbocycles. The molecule has 1 heterocycles. The molecule has 5 nitrogen and oxygen atoms in total. The molecule has 1 saturated heterocycles. The van der Waals surface area contributed by atoms with Crippen LogP contribution in [-0.4, -0.2) is 36.1 Å². The average molecular weight is 270 g/mol. The third kappa shape index (κ3) is 6.57. The number of rotatable bonds is 7. The van der Waals surface area contributed by atoms with Crippen LogP contribution in [0.5, 0.6) is 0 Å². The third-order valence-electron chi connectivity index (χ3n) is 3.46. The maximum atomic E-state index is 12.0. The highest BCUT2D eigenvalue weighted by molar-refractivity contribution is 5.81. The molecule has 1 aliphatic heterocycles. The fraction of sp³-hybridized carbons (Fsp3) is 0.857. The predicted molar refractivity (Wildman–Crippen MR) is 73.8 cm³/mol. The van der Waals surface area contributed by atoms with Gasteiger partial charge in [0.2, 0.25) is 5.91 Å². The zero-order chi connectivity index (χ0) is 14.3. The van der Waals surface area contributed by atoms with E-state index in [1.54, 1.807) is 0 Å². The van der Waals surface area contributed by atoms with Crippen LogP contribution in [0, 0.1) is 11.8 Å². The van der Waals surface area contributed by atoms with E-state index in [0.717, 1.165) is 32.2 Å². The van der Waals surface area contributed by atoms with Crippen molar-refractivity contribution in [1.29, 1.82) is 0 Å². The molecule has 3 N–H and O–H groups in total. The summed E-state index contributed by atoms with van der Waals surface area (Å²) in [5.74, 6) is -0.325. The van der Waals surface area contributed by atoms with E-state index in [1.165, 1.54) is 0 Å². The Morgan fingerprint density at radius 3 is 2.63 bits per heavy atom. The van der Waals surface area contributed by atoms with E-state index in [1.807, 2.05) is 0 Å². The summed E-state index contributed by atoms with van der Waals surface area (Å²) in [5, 5.41) is 15.0. The summed E-state index contributed by atoms with van der Waals surface area (Å²) in [5.41, 5.74) is 0. The van der Waals surface area contributed by atoms with E-state index in [0.29, 0.717) is 12.5 Å². The van der Waals surface area contributed by atoms with Gasteiger partial charge in [-0.2, -0.15) is 0 Å². The lowest BCUT2D eigenvalue weighted by Gasteiger charge is -2.24. The van der Waals surface area contributed by atoms with Gasteiger partial charge in [0.05, 0.1) is 6.04 Å². The van der Waals surface area contributed by atoms with Crippen LogP contribution >= 0.6 is 0 Å². The lowest BCUT2D eigenvalue weighted by Crippen LogP contribution is -2.47. The minimum absolute atomic E-state index is 0.0128. The first-order chi connectivity index (χ1) is 8.99. The minimum atomic E-state index is -0.796. The number of carbonyl (C=O) groups excluding carboxylic acids is 1. The van der Waals surface area contributed by atoms with Crippen molar-refractivity contribution in [3.8, 4) is 0 Å². The first-order valence-electron chi connectivity index (χ1n) is 7.22. The lowest BCUT2D eigenvalue weighted by atomic mass is 9.94. The summed E-state index contributed by atoms with van der Waals surface area (Å²) in [7, 11) is 0. The normalized spacial score (nSPS) is 21.1. The van der Waals surface area contributed by atoms with Gasteiger partial charge in [-0.15, -0.1) is 0 Å². The van der Waals surface area contributed by atoms with Crippen LogP contribution in [0.4, 0.5) is 0 Å². The molecule has 0 saturated carbocycles. The number of amides is 1. The summed E-state index contributed by atoms with van der Waals surface area (Å²) in [6.07, 6.45) is 4.02. The first-order valence-corrected chi connectivity index (χ1v) is 7.22. The van der Waals surface area contributed by atoms with Crippen LogP contribution in [0.2, 0.25) is 0 Å². The Morgan fingerprint density at radius 1 is 1.37 bits per heavy atom. The van der Waals surface area contributed by atoms with Gasteiger partial charge in [-0.05, 0) is 37.6 Å². The summed E-state index contributed by atoms with van der Waals surface area (Å²) in [6.45, 7) is 5.49. The molecular formula is C14H26N2O3. The van der Waals surface area contributed by atoms with E-state index in [2.05, 4.69) is 24.5 Å². The summed E-state index contributed by atoms with van der Waals surface area (Å²) >= 11 is 0. The van der Waals surface area contributed by atoms with Crippen LogP contribution < -0.4 is 10.6 Å². The maximum Gasteiger partial charge on any atom is 0.303 e. The zero-order valence-corrected chi connectivity index (χ0v) is 11.9. The molecule has 1 rings (SSSR count). The standard InChI is InChI=1S/C14H26N2O3/c1-10(2)7-11(8-13(17)18)9-16-14(19)12-5-3-4-6-15-12/h10-12,15H,3-9H2,1-2H3,(H,16,19)(H,17,18)/t11-,12-/m1/s1. The number of carbonyl (C=O) groups is 2. The van der Waals surface area contributed by atoms with E-state index in [9.17, 15) is 9.59 Å². The molecule has 2 atom stereocenters. The number of aliphatic carboxylic acids is 1. The Kier molecular flexibility index (Phi) is 6.84. The van der Waals surface area contributed by atoms with Crippen molar-refractivity contribution in [3.05, 3.63) is 0 Å². The van der Waals surface area contributed by atoms with Crippen molar-refractivity contribution in [3.63, 3.8) is 0 Å². The van der Waals surface area contributed by atoms with E-state index >= 15 is 0 Å². The van der Waals surface area contributed by atoms with Crippen LogP contribution in [-0.2, 0) is 9.59 Å². The van der Waals surface area contributed by atoms with E-state index in [-0.39, 0.29) is 24.3 Å². The largest absolute Gasteiger partial charge is 0.481 e. The number of carboxylic acid groups (broad SMARTS) is 1. The topological polar surface area (TPSA) is 78.4 Å². The molecule has 1 fully saturated rings. The number of hydrogen-bond donors (Lipinski definition) is 3. The molecule has 0 aromatic heterocycles. The molecule has 19 heavy (non-hydrogen) atoms. The number of carboxylic acids is 1. The SMILES string of the molecule is CC(C)C[C@@H](CNC(=O)[C@H]1CCCCN1)CC(=O)O. The third-order valence-corrected chi connectivity index (χ3v) is 3.46. The van der Waals surface area contributed by atoms with E-state index < -0.39 is 5.97 Å². The lowest BCUT2D eigenvalue weighted by molar-refractivity contribution is -0.138. The van der Waals surface area contributed by atoms with Gasteiger partial charge in [-0.1, -0.05) is 20.3 Å². The van der Waals surface area contributed by atoms with Gasteiger partial charge in [0, 0.05) is 13.0 Å². The second-order valence-corrected chi connectivity index (χ2v) is 5.84. The number of nitrogens with one attached hydrogen (secondary N) is 2. The van der Waals surface area contributed by atoms with Gasteiger partial charge in [-0.3, -0.25) is 9.59 Å². The molecule has 0 unspecified atom stereocenters. The van der Waals surface area contributed by atoms with Gasteiger partial charge >= 0.3 is 5.97 Å². The highest BCUT2D eigenvalue weighted by atomic mass is 16.4. The summed E-state index contributed by atoms with van der Waals surface area (Å²) < 4.78 is 0. The molecule has 5 heteroatoms.